The first-order chi connectivity index (χ1) is 12.4. The SMILES string of the molecule is Cc1ccc(S(=O)(=O)/C(C#N)=C/c2ccc(-c3ccc(F)cc3)o2)cc1. The van der Waals surface area contributed by atoms with Crippen molar-refractivity contribution in [2.45, 2.75) is 11.8 Å². The second kappa shape index (κ2) is 6.98. The lowest BCUT2D eigenvalue weighted by atomic mass is 10.2. The van der Waals surface area contributed by atoms with Crippen LogP contribution in [-0.2, 0) is 9.84 Å². The van der Waals surface area contributed by atoms with Gasteiger partial charge >= 0.3 is 0 Å². The third kappa shape index (κ3) is 3.58. The Kier molecular flexibility index (Phi) is 4.74. The Morgan fingerprint density at radius 1 is 1.04 bits per heavy atom. The van der Waals surface area contributed by atoms with E-state index in [1.54, 1.807) is 42.5 Å². The van der Waals surface area contributed by atoms with Gasteiger partial charge in [-0.1, -0.05) is 17.7 Å². The number of hydrogen-bond acceptors (Lipinski definition) is 4. The molecule has 130 valence electrons. The highest BCUT2D eigenvalue weighted by atomic mass is 32.2. The molecule has 0 saturated carbocycles. The molecule has 0 N–H and O–H groups in total. The first-order valence-corrected chi connectivity index (χ1v) is 9.18. The van der Waals surface area contributed by atoms with E-state index in [0.717, 1.165) is 5.56 Å². The summed E-state index contributed by atoms with van der Waals surface area (Å²) in [7, 11) is -3.94. The van der Waals surface area contributed by atoms with Crippen LogP contribution in [0.2, 0.25) is 0 Å². The summed E-state index contributed by atoms with van der Waals surface area (Å²) in [5.74, 6) is 0.300. The zero-order valence-corrected chi connectivity index (χ0v) is 14.6. The van der Waals surface area contributed by atoms with E-state index in [-0.39, 0.29) is 16.5 Å². The van der Waals surface area contributed by atoms with Gasteiger partial charge in [-0.2, -0.15) is 5.26 Å². The van der Waals surface area contributed by atoms with Crippen molar-refractivity contribution in [2.75, 3.05) is 0 Å². The Morgan fingerprint density at radius 2 is 1.69 bits per heavy atom. The van der Waals surface area contributed by atoms with Crippen LogP contribution in [-0.4, -0.2) is 8.42 Å². The van der Waals surface area contributed by atoms with E-state index in [0.29, 0.717) is 11.3 Å². The molecule has 1 heterocycles. The zero-order chi connectivity index (χ0) is 18.7. The van der Waals surface area contributed by atoms with Crippen molar-refractivity contribution in [2.24, 2.45) is 0 Å². The maximum atomic E-state index is 13.0. The Bertz CT molecular complexity index is 1100. The normalized spacial score (nSPS) is 12.0. The molecular weight excluding hydrogens is 353 g/mol. The number of nitriles is 1. The van der Waals surface area contributed by atoms with Gasteiger partial charge in [-0.25, -0.2) is 12.8 Å². The molecule has 26 heavy (non-hydrogen) atoms. The molecule has 0 unspecified atom stereocenters. The topological polar surface area (TPSA) is 71.1 Å². The van der Waals surface area contributed by atoms with Crippen molar-refractivity contribution in [1.29, 1.82) is 5.26 Å². The second-order valence-electron chi connectivity index (χ2n) is 5.65. The van der Waals surface area contributed by atoms with Crippen LogP contribution in [0.1, 0.15) is 11.3 Å². The molecule has 0 aliphatic carbocycles. The predicted molar refractivity (Wildman–Crippen MR) is 96.1 cm³/mol. The molecular formula is C20H14FNO3S. The number of hydrogen-bond donors (Lipinski definition) is 0. The molecule has 0 aliphatic rings. The highest BCUT2D eigenvalue weighted by molar-refractivity contribution is 7.95. The molecule has 0 atom stereocenters. The fourth-order valence-electron chi connectivity index (χ4n) is 2.34. The largest absolute Gasteiger partial charge is 0.457 e. The summed E-state index contributed by atoms with van der Waals surface area (Å²) in [6, 6.07) is 16.9. The first kappa shape index (κ1) is 17.6. The molecule has 0 amide bonds. The van der Waals surface area contributed by atoms with Gasteiger partial charge in [0.15, 0.2) is 4.91 Å². The number of rotatable bonds is 4. The molecule has 4 nitrogen and oxygen atoms in total. The van der Waals surface area contributed by atoms with Crippen molar-refractivity contribution in [1.82, 2.24) is 0 Å². The first-order valence-electron chi connectivity index (χ1n) is 7.69. The van der Waals surface area contributed by atoms with Gasteiger partial charge in [0.05, 0.1) is 4.90 Å². The van der Waals surface area contributed by atoms with E-state index in [9.17, 15) is 18.1 Å². The molecule has 2 aromatic carbocycles. The van der Waals surface area contributed by atoms with E-state index >= 15 is 0 Å². The van der Waals surface area contributed by atoms with Gasteiger partial charge in [0, 0.05) is 11.6 Å². The Morgan fingerprint density at radius 3 is 2.31 bits per heavy atom. The lowest BCUT2D eigenvalue weighted by Crippen LogP contribution is -2.03. The number of sulfone groups is 1. The van der Waals surface area contributed by atoms with Crippen LogP contribution in [0.3, 0.4) is 0 Å². The van der Waals surface area contributed by atoms with Crippen LogP contribution in [0.5, 0.6) is 0 Å². The Hall–Kier alpha value is -3.17. The minimum atomic E-state index is -3.94. The van der Waals surface area contributed by atoms with Gasteiger partial charge in [0.1, 0.15) is 23.4 Å². The van der Waals surface area contributed by atoms with Crippen LogP contribution in [0.25, 0.3) is 17.4 Å². The summed E-state index contributed by atoms with van der Waals surface area (Å²) in [6.45, 7) is 1.84. The molecule has 0 saturated heterocycles. The summed E-state index contributed by atoms with van der Waals surface area (Å²) >= 11 is 0. The molecule has 3 aromatic rings. The third-order valence-electron chi connectivity index (χ3n) is 3.76. The van der Waals surface area contributed by atoms with Crippen LogP contribution in [0, 0.1) is 24.1 Å². The molecule has 0 fully saturated rings. The summed E-state index contributed by atoms with van der Waals surface area (Å²) in [5.41, 5.74) is 1.56. The molecule has 1 aromatic heterocycles. The number of nitrogens with zero attached hydrogens (tertiary/aromatic N) is 1. The standard InChI is InChI=1S/C20H14FNO3S/c1-14-2-9-18(10-3-14)26(23,24)19(13-22)12-17-8-11-20(25-17)15-4-6-16(21)7-5-15/h2-12H,1H3/b19-12+. The average Bonchev–Trinajstić information content (AvgIpc) is 3.09. The van der Waals surface area contributed by atoms with Crippen molar-refractivity contribution in [3.05, 3.63) is 82.7 Å². The van der Waals surface area contributed by atoms with Gasteiger partial charge in [0.2, 0.25) is 9.84 Å². The van der Waals surface area contributed by atoms with Crippen molar-refractivity contribution >= 4 is 15.9 Å². The van der Waals surface area contributed by atoms with E-state index < -0.39 is 14.7 Å². The summed E-state index contributed by atoms with van der Waals surface area (Å²) in [6.07, 6.45) is 1.18. The van der Waals surface area contributed by atoms with Crippen LogP contribution >= 0.6 is 0 Å². The van der Waals surface area contributed by atoms with Crippen molar-refractivity contribution in [3.8, 4) is 17.4 Å². The lowest BCUT2D eigenvalue weighted by Gasteiger charge is -2.03. The highest BCUT2D eigenvalue weighted by Gasteiger charge is 2.21. The van der Waals surface area contributed by atoms with Crippen molar-refractivity contribution in [3.63, 3.8) is 0 Å². The maximum absolute atomic E-state index is 13.0. The van der Waals surface area contributed by atoms with E-state index in [1.807, 2.05) is 6.92 Å². The second-order valence-corrected chi connectivity index (χ2v) is 7.56. The molecule has 0 aliphatic heterocycles. The summed E-state index contributed by atoms with van der Waals surface area (Å²) in [4.78, 5) is -0.373. The lowest BCUT2D eigenvalue weighted by molar-refractivity contribution is 0.570. The smallest absolute Gasteiger partial charge is 0.216 e. The molecule has 6 heteroatoms. The van der Waals surface area contributed by atoms with Crippen molar-refractivity contribution < 1.29 is 17.2 Å². The number of allylic oxidation sites excluding steroid dienone is 1. The molecule has 3 rings (SSSR count). The number of furan rings is 1. The Balaban J connectivity index is 1.96. The summed E-state index contributed by atoms with van der Waals surface area (Å²) in [5, 5.41) is 9.31. The minimum absolute atomic E-state index is 0.0428. The van der Waals surface area contributed by atoms with Crippen LogP contribution < -0.4 is 0 Å². The van der Waals surface area contributed by atoms with Crippen LogP contribution in [0.15, 0.2) is 74.9 Å². The third-order valence-corrected chi connectivity index (χ3v) is 5.44. The fourth-order valence-corrected chi connectivity index (χ4v) is 3.48. The van der Waals surface area contributed by atoms with Gasteiger partial charge in [-0.05, 0) is 55.5 Å². The number of aryl methyl sites for hydroxylation is 1. The molecule has 0 radical (unpaired) electrons. The number of benzene rings is 2. The van der Waals surface area contributed by atoms with E-state index in [1.165, 1.54) is 30.3 Å². The quantitative estimate of drug-likeness (QED) is 0.625. The van der Waals surface area contributed by atoms with E-state index in [2.05, 4.69) is 0 Å². The van der Waals surface area contributed by atoms with Gasteiger partial charge in [0.25, 0.3) is 0 Å². The van der Waals surface area contributed by atoms with Gasteiger partial charge < -0.3 is 4.42 Å². The van der Waals surface area contributed by atoms with Gasteiger partial charge in [-0.3, -0.25) is 0 Å². The Labute approximate surface area is 150 Å². The van der Waals surface area contributed by atoms with Crippen LogP contribution in [0.4, 0.5) is 4.39 Å². The number of halogens is 1. The predicted octanol–water partition coefficient (Wildman–Crippen LogP) is 4.73. The average molecular weight is 367 g/mol. The molecule has 0 bridgehead atoms. The van der Waals surface area contributed by atoms with Gasteiger partial charge in [-0.15, -0.1) is 0 Å². The monoisotopic (exact) mass is 367 g/mol. The highest BCUT2D eigenvalue weighted by Crippen LogP contribution is 2.26. The zero-order valence-electron chi connectivity index (χ0n) is 13.8. The fraction of sp³-hybridized carbons (Fsp3) is 0.0500. The maximum Gasteiger partial charge on any atom is 0.216 e. The minimum Gasteiger partial charge on any atom is -0.457 e. The molecule has 0 spiro atoms. The van der Waals surface area contributed by atoms with E-state index in [4.69, 9.17) is 4.42 Å². The summed E-state index contributed by atoms with van der Waals surface area (Å²) < 4.78 is 43.8.